The second kappa shape index (κ2) is 8.29. The summed E-state index contributed by atoms with van der Waals surface area (Å²) in [6.07, 6.45) is 4.67. The summed E-state index contributed by atoms with van der Waals surface area (Å²) >= 11 is 0. The Hall–Kier alpha value is -1.62. The number of hydrogen-bond acceptors (Lipinski definition) is 4. The molecule has 0 unspecified atom stereocenters. The number of hydrogen-bond donors (Lipinski definition) is 0. The molecule has 2 rings (SSSR count). The lowest BCUT2D eigenvalue weighted by Gasteiger charge is -2.33. The normalized spacial score (nSPS) is 16.4. The molecule has 0 spiro atoms. The fourth-order valence-electron chi connectivity index (χ4n) is 2.64. The summed E-state index contributed by atoms with van der Waals surface area (Å²) in [4.78, 5) is 18.1. The van der Waals surface area contributed by atoms with Crippen LogP contribution in [-0.2, 0) is 16.1 Å². The van der Waals surface area contributed by atoms with E-state index in [0.717, 1.165) is 44.7 Å². The van der Waals surface area contributed by atoms with E-state index in [1.807, 2.05) is 43.9 Å². The van der Waals surface area contributed by atoms with E-state index < -0.39 is 5.60 Å². The zero-order valence-corrected chi connectivity index (χ0v) is 14.5. The van der Waals surface area contributed by atoms with Gasteiger partial charge in [0.15, 0.2) is 0 Å². The molecule has 23 heavy (non-hydrogen) atoms. The summed E-state index contributed by atoms with van der Waals surface area (Å²) < 4.78 is 11.1. The van der Waals surface area contributed by atoms with E-state index >= 15 is 0 Å². The van der Waals surface area contributed by atoms with Crippen LogP contribution in [0.2, 0.25) is 0 Å². The van der Waals surface area contributed by atoms with Crippen LogP contribution in [0.25, 0.3) is 0 Å². The molecule has 0 saturated carbocycles. The van der Waals surface area contributed by atoms with Crippen LogP contribution in [0.4, 0.5) is 4.79 Å². The number of amides is 1. The highest BCUT2D eigenvalue weighted by Crippen LogP contribution is 2.22. The van der Waals surface area contributed by atoms with Crippen molar-refractivity contribution in [3.63, 3.8) is 0 Å². The average Bonchev–Trinajstić information content (AvgIpc) is 2.51. The van der Waals surface area contributed by atoms with Crippen LogP contribution >= 0.6 is 0 Å². The molecular weight excluding hydrogens is 292 g/mol. The highest BCUT2D eigenvalue weighted by atomic mass is 16.6. The van der Waals surface area contributed by atoms with Gasteiger partial charge in [-0.05, 0) is 58.1 Å². The Labute approximate surface area is 139 Å². The highest BCUT2D eigenvalue weighted by molar-refractivity contribution is 5.68. The fraction of sp³-hybridized carbons (Fsp3) is 0.667. The van der Waals surface area contributed by atoms with Crippen molar-refractivity contribution in [2.45, 2.75) is 52.2 Å². The quantitative estimate of drug-likeness (QED) is 0.777. The number of pyridine rings is 1. The van der Waals surface area contributed by atoms with Crippen molar-refractivity contribution >= 4 is 6.09 Å². The minimum absolute atomic E-state index is 0.192. The second-order valence-electron chi connectivity index (χ2n) is 7.07. The molecule has 0 radical (unpaired) electrons. The molecule has 128 valence electrons. The predicted octanol–water partition coefficient (Wildman–Crippen LogP) is 3.64. The van der Waals surface area contributed by atoms with E-state index in [1.54, 1.807) is 6.20 Å². The molecule has 2 heterocycles. The molecule has 1 aliphatic rings. The largest absolute Gasteiger partial charge is 0.444 e. The molecule has 0 bridgehead atoms. The first-order valence-electron chi connectivity index (χ1n) is 8.39. The minimum atomic E-state index is -0.423. The number of carbonyl (C=O) groups is 1. The van der Waals surface area contributed by atoms with Crippen LogP contribution in [0, 0.1) is 5.92 Å². The molecular formula is C18H28N2O3. The summed E-state index contributed by atoms with van der Waals surface area (Å²) in [5.74, 6) is 0.623. The van der Waals surface area contributed by atoms with Crippen LogP contribution < -0.4 is 0 Å². The molecule has 1 aromatic rings. The van der Waals surface area contributed by atoms with Gasteiger partial charge in [-0.25, -0.2) is 4.79 Å². The second-order valence-corrected chi connectivity index (χ2v) is 7.07. The smallest absolute Gasteiger partial charge is 0.410 e. The van der Waals surface area contributed by atoms with E-state index in [4.69, 9.17) is 9.47 Å². The zero-order valence-electron chi connectivity index (χ0n) is 14.5. The third-order valence-corrected chi connectivity index (χ3v) is 3.91. The van der Waals surface area contributed by atoms with Gasteiger partial charge in [0.1, 0.15) is 5.60 Å². The van der Waals surface area contributed by atoms with E-state index in [9.17, 15) is 4.79 Å². The average molecular weight is 320 g/mol. The van der Waals surface area contributed by atoms with Gasteiger partial charge in [0.25, 0.3) is 0 Å². The monoisotopic (exact) mass is 320 g/mol. The van der Waals surface area contributed by atoms with Crippen LogP contribution in [0.15, 0.2) is 24.4 Å². The molecule has 0 atom stereocenters. The van der Waals surface area contributed by atoms with Gasteiger partial charge in [0.05, 0.1) is 12.3 Å². The Balaban J connectivity index is 1.60. The van der Waals surface area contributed by atoms with E-state index in [1.165, 1.54) is 0 Å². The first-order chi connectivity index (χ1) is 10.9. The lowest BCUT2D eigenvalue weighted by atomic mass is 9.94. The van der Waals surface area contributed by atoms with Gasteiger partial charge in [-0.2, -0.15) is 0 Å². The summed E-state index contributed by atoms with van der Waals surface area (Å²) in [5, 5.41) is 0. The standard InChI is InChI=1S/C18H28N2O3/c1-18(2,3)23-17(21)20-11-7-15(8-12-20)9-13-22-14-16-6-4-5-10-19-16/h4-6,10,15H,7-9,11-14H2,1-3H3. The SMILES string of the molecule is CC(C)(C)OC(=O)N1CCC(CCOCc2ccccn2)CC1. The Morgan fingerprint density at radius 1 is 1.30 bits per heavy atom. The number of rotatable bonds is 5. The maximum absolute atomic E-state index is 12.0. The lowest BCUT2D eigenvalue weighted by Crippen LogP contribution is -2.41. The van der Waals surface area contributed by atoms with Crippen LogP contribution in [0.5, 0.6) is 0 Å². The van der Waals surface area contributed by atoms with Gasteiger partial charge < -0.3 is 14.4 Å². The van der Waals surface area contributed by atoms with Gasteiger partial charge in [-0.3, -0.25) is 4.98 Å². The van der Waals surface area contributed by atoms with Crippen molar-refractivity contribution in [3.05, 3.63) is 30.1 Å². The molecule has 0 N–H and O–H groups in total. The first-order valence-corrected chi connectivity index (χ1v) is 8.39. The molecule has 0 aliphatic carbocycles. The van der Waals surface area contributed by atoms with Crippen molar-refractivity contribution < 1.29 is 14.3 Å². The summed E-state index contributed by atoms with van der Waals surface area (Å²) in [6.45, 7) is 8.56. The molecule has 1 saturated heterocycles. The van der Waals surface area contributed by atoms with E-state index in [-0.39, 0.29) is 6.09 Å². The van der Waals surface area contributed by atoms with Crippen LogP contribution in [-0.4, -0.2) is 41.3 Å². The van der Waals surface area contributed by atoms with Crippen molar-refractivity contribution in [1.29, 1.82) is 0 Å². The summed E-state index contributed by atoms with van der Waals surface area (Å²) in [6, 6.07) is 5.85. The Morgan fingerprint density at radius 3 is 2.65 bits per heavy atom. The summed E-state index contributed by atoms with van der Waals surface area (Å²) in [5.41, 5.74) is 0.542. The minimum Gasteiger partial charge on any atom is -0.444 e. The summed E-state index contributed by atoms with van der Waals surface area (Å²) in [7, 11) is 0. The number of carbonyl (C=O) groups excluding carboxylic acids is 1. The fourth-order valence-corrected chi connectivity index (χ4v) is 2.64. The van der Waals surface area contributed by atoms with Gasteiger partial charge in [0, 0.05) is 25.9 Å². The number of aromatic nitrogens is 1. The van der Waals surface area contributed by atoms with Crippen LogP contribution in [0.3, 0.4) is 0 Å². The maximum Gasteiger partial charge on any atom is 0.410 e. The topological polar surface area (TPSA) is 51.7 Å². The van der Waals surface area contributed by atoms with Gasteiger partial charge in [-0.1, -0.05) is 6.07 Å². The maximum atomic E-state index is 12.0. The third kappa shape index (κ3) is 6.57. The molecule has 1 aromatic heterocycles. The lowest BCUT2D eigenvalue weighted by molar-refractivity contribution is 0.0164. The Kier molecular flexibility index (Phi) is 6.39. The molecule has 1 aliphatic heterocycles. The van der Waals surface area contributed by atoms with E-state index in [2.05, 4.69) is 4.98 Å². The molecule has 1 amide bonds. The van der Waals surface area contributed by atoms with Crippen molar-refractivity contribution in [1.82, 2.24) is 9.88 Å². The highest BCUT2D eigenvalue weighted by Gasteiger charge is 2.26. The van der Waals surface area contributed by atoms with Crippen molar-refractivity contribution in [3.8, 4) is 0 Å². The van der Waals surface area contributed by atoms with Gasteiger partial charge in [0.2, 0.25) is 0 Å². The Morgan fingerprint density at radius 2 is 2.04 bits per heavy atom. The van der Waals surface area contributed by atoms with E-state index in [0.29, 0.717) is 12.5 Å². The molecule has 5 heteroatoms. The number of piperidine rings is 1. The zero-order chi connectivity index (χ0) is 16.7. The first kappa shape index (κ1) is 17.7. The number of nitrogens with zero attached hydrogens (tertiary/aromatic N) is 2. The molecule has 1 fully saturated rings. The Bertz CT molecular complexity index is 477. The molecule has 5 nitrogen and oxygen atoms in total. The van der Waals surface area contributed by atoms with Gasteiger partial charge in [-0.15, -0.1) is 0 Å². The third-order valence-electron chi connectivity index (χ3n) is 3.91. The number of likely N-dealkylation sites (tertiary alicyclic amines) is 1. The van der Waals surface area contributed by atoms with Gasteiger partial charge >= 0.3 is 6.09 Å². The van der Waals surface area contributed by atoms with Crippen molar-refractivity contribution in [2.24, 2.45) is 5.92 Å². The number of ether oxygens (including phenoxy) is 2. The predicted molar refractivity (Wildman–Crippen MR) is 89.0 cm³/mol. The van der Waals surface area contributed by atoms with Crippen LogP contribution in [0.1, 0.15) is 45.7 Å². The van der Waals surface area contributed by atoms with Crippen molar-refractivity contribution in [2.75, 3.05) is 19.7 Å². The molecule has 0 aromatic carbocycles.